The predicted octanol–water partition coefficient (Wildman–Crippen LogP) is 1.38. The Morgan fingerprint density at radius 2 is 2.32 bits per heavy atom. The van der Waals surface area contributed by atoms with E-state index in [1.807, 2.05) is 25.1 Å². The average molecular weight is 325 g/mol. The maximum Gasteiger partial charge on any atom is 0.240 e. The maximum absolute atomic E-state index is 10.6. The summed E-state index contributed by atoms with van der Waals surface area (Å²) in [5.74, 6) is 0.517. The summed E-state index contributed by atoms with van der Waals surface area (Å²) >= 11 is 3.40. The van der Waals surface area contributed by atoms with Crippen molar-refractivity contribution in [3.05, 3.63) is 34.1 Å². The molecule has 1 amide bonds. The monoisotopic (exact) mass is 324 g/mol. The molecule has 0 atom stereocenters. The summed E-state index contributed by atoms with van der Waals surface area (Å²) in [5.41, 5.74) is 6.97. The van der Waals surface area contributed by atoms with Crippen LogP contribution in [0.2, 0.25) is 0 Å². The molecule has 0 unspecified atom stereocenters. The topological polar surface area (TPSA) is 94.0 Å². The molecule has 19 heavy (non-hydrogen) atoms. The van der Waals surface area contributed by atoms with Crippen molar-refractivity contribution >= 4 is 21.8 Å². The largest absolute Gasteiger partial charge is 0.369 e. The van der Waals surface area contributed by atoms with Gasteiger partial charge in [-0.15, -0.1) is 0 Å². The molecule has 2 rings (SSSR count). The smallest absolute Gasteiger partial charge is 0.240 e. The minimum atomic E-state index is -0.427. The van der Waals surface area contributed by atoms with Crippen molar-refractivity contribution in [1.82, 2.24) is 15.5 Å². The highest BCUT2D eigenvalue weighted by molar-refractivity contribution is 9.10. The molecule has 100 valence electrons. The molecule has 7 heteroatoms. The van der Waals surface area contributed by atoms with E-state index in [-0.39, 0.29) is 6.54 Å². The first-order valence-corrected chi connectivity index (χ1v) is 6.43. The van der Waals surface area contributed by atoms with Gasteiger partial charge in [0.05, 0.1) is 13.1 Å². The van der Waals surface area contributed by atoms with Crippen molar-refractivity contribution in [3.63, 3.8) is 0 Å². The van der Waals surface area contributed by atoms with Crippen molar-refractivity contribution in [1.29, 1.82) is 0 Å². The standard InChI is InChI=1S/C12H13BrN4O2/c1-7-4-8(13)2-3-9(7)12-16-11(19-17-12)6-15-5-10(14)18/h2-4,15H,5-6H2,1H3,(H2,14,18). The molecule has 0 saturated heterocycles. The second-order valence-electron chi connectivity index (χ2n) is 4.04. The first-order valence-electron chi connectivity index (χ1n) is 5.64. The zero-order valence-corrected chi connectivity index (χ0v) is 11.9. The number of nitrogens with one attached hydrogen (secondary N) is 1. The van der Waals surface area contributed by atoms with Crippen LogP contribution in [-0.2, 0) is 11.3 Å². The molecular formula is C12H13BrN4O2. The molecule has 0 spiro atoms. The number of aryl methyl sites for hydroxylation is 1. The first-order chi connectivity index (χ1) is 9.06. The fraction of sp³-hybridized carbons (Fsp3) is 0.250. The number of halogens is 1. The number of hydrogen-bond acceptors (Lipinski definition) is 5. The van der Waals surface area contributed by atoms with E-state index in [1.54, 1.807) is 0 Å². The van der Waals surface area contributed by atoms with Gasteiger partial charge in [-0.05, 0) is 30.7 Å². The molecule has 0 fully saturated rings. The number of hydrogen-bond donors (Lipinski definition) is 2. The van der Waals surface area contributed by atoms with Crippen LogP contribution < -0.4 is 11.1 Å². The highest BCUT2D eigenvalue weighted by Crippen LogP contribution is 2.23. The third-order valence-corrected chi connectivity index (χ3v) is 2.97. The van der Waals surface area contributed by atoms with Gasteiger partial charge in [0, 0.05) is 10.0 Å². The normalized spacial score (nSPS) is 10.6. The molecule has 0 aliphatic rings. The van der Waals surface area contributed by atoms with Crippen molar-refractivity contribution in [2.75, 3.05) is 6.54 Å². The molecule has 1 aromatic carbocycles. The molecule has 6 nitrogen and oxygen atoms in total. The third kappa shape index (κ3) is 3.62. The summed E-state index contributed by atoms with van der Waals surface area (Å²) < 4.78 is 6.10. The van der Waals surface area contributed by atoms with E-state index in [4.69, 9.17) is 10.3 Å². The van der Waals surface area contributed by atoms with Crippen LogP contribution in [0.5, 0.6) is 0 Å². The van der Waals surface area contributed by atoms with Gasteiger partial charge >= 0.3 is 0 Å². The molecule has 2 aromatic rings. The maximum atomic E-state index is 10.6. The molecule has 0 saturated carbocycles. The first kappa shape index (κ1) is 13.7. The average Bonchev–Trinajstić information content (AvgIpc) is 2.77. The summed E-state index contributed by atoms with van der Waals surface area (Å²) in [6.45, 7) is 2.36. The number of primary amides is 1. The third-order valence-electron chi connectivity index (χ3n) is 2.47. The van der Waals surface area contributed by atoms with E-state index in [2.05, 4.69) is 31.4 Å². The van der Waals surface area contributed by atoms with Gasteiger partial charge in [0.1, 0.15) is 0 Å². The van der Waals surface area contributed by atoms with Crippen LogP contribution in [0.1, 0.15) is 11.5 Å². The quantitative estimate of drug-likeness (QED) is 0.866. The van der Waals surface area contributed by atoms with Crippen LogP contribution in [0.15, 0.2) is 27.2 Å². The van der Waals surface area contributed by atoms with E-state index >= 15 is 0 Å². The molecule has 3 N–H and O–H groups in total. The zero-order chi connectivity index (χ0) is 13.8. The van der Waals surface area contributed by atoms with Gasteiger partial charge in [-0.3, -0.25) is 10.1 Å². The number of nitrogens with two attached hydrogens (primary N) is 1. The molecule has 0 aliphatic heterocycles. The summed E-state index contributed by atoms with van der Waals surface area (Å²) in [4.78, 5) is 14.8. The molecule has 0 bridgehead atoms. The molecule has 1 heterocycles. The predicted molar refractivity (Wildman–Crippen MR) is 73.1 cm³/mol. The van der Waals surface area contributed by atoms with Gasteiger partial charge in [0.25, 0.3) is 0 Å². The number of carbonyl (C=O) groups excluding carboxylic acids is 1. The molecule has 0 aliphatic carbocycles. The minimum absolute atomic E-state index is 0.0784. The minimum Gasteiger partial charge on any atom is -0.369 e. The van der Waals surface area contributed by atoms with E-state index < -0.39 is 5.91 Å². The summed E-state index contributed by atoms with van der Waals surface area (Å²) in [5, 5.41) is 6.73. The number of benzene rings is 1. The van der Waals surface area contributed by atoms with Crippen molar-refractivity contribution < 1.29 is 9.32 Å². The van der Waals surface area contributed by atoms with Gasteiger partial charge in [-0.25, -0.2) is 0 Å². The summed E-state index contributed by atoms with van der Waals surface area (Å²) in [7, 11) is 0. The van der Waals surface area contributed by atoms with E-state index in [9.17, 15) is 4.79 Å². The van der Waals surface area contributed by atoms with Crippen LogP contribution in [0, 0.1) is 6.92 Å². The van der Waals surface area contributed by atoms with Gasteiger partial charge in [-0.1, -0.05) is 21.1 Å². The van der Waals surface area contributed by atoms with Crippen LogP contribution in [0.25, 0.3) is 11.4 Å². The molecule has 1 aromatic heterocycles. The Labute approximate surface area is 118 Å². The Hall–Kier alpha value is -1.73. The van der Waals surface area contributed by atoms with Crippen LogP contribution in [-0.4, -0.2) is 22.6 Å². The van der Waals surface area contributed by atoms with Crippen LogP contribution >= 0.6 is 15.9 Å². The lowest BCUT2D eigenvalue weighted by molar-refractivity contribution is -0.117. The second kappa shape index (κ2) is 5.94. The Balaban J connectivity index is 2.10. The fourth-order valence-electron chi connectivity index (χ4n) is 1.61. The van der Waals surface area contributed by atoms with Gasteiger partial charge in [0.2, 0.25) is 17.6 Å². The number of rotatable bonds is 5. The number of amides is 1. The van der Waals surface area contributed by atoms with E-state index in [1.165, 1.54) is 0 Å². The van der Waals surface area contributed by atoms with Crippen LogP contribution in [0.3, 0.4) is 0 Å². The van der Waals surface area contributed by atoms with Crippen molar-refractivity contribution in [2.45, 2.75) is 13.5 Å². The highest BCUT2D eigenvalue weighted by Gasteiger charge is 2.10. The Morgan fingerprint density at radius 1 is 1.53 bits per heavy atom. The van der Waals surface area contributed by atoms with Gasteiger partial charge in [0.15, 0.2) is 0 Å². The molecule has 0 radical (unpaired) electrons. The summed E-state index contributed by atoms with van der Waals surface area (Å²) in [6.07, 6.45) is 0. The fourth-order valence-corrected chi connectivity index (χ4v) is 2.08. The van der Waals surface area contributed by atoms with Crippen molar-refractivity contribution in [3.8, 4) is 11.4 Å². The van der Waals surface area contributed by atoms with Crippen molar-refractivity contribution in [2.24, 2.45) is 5.73 Å². The van der Waals surface area contributed by atoms with Gasteiger partial charge < -0.3 is 10.3 Å². The second-order valence-corrected chi connectivity index (χ2v) is 4.96. The number of aromatic nitrogens is 2. The lowest BCUT2D eigenvalue weighted by atomic mass is 10.1. The lowest BCUT2D eigenvalue weighted by Crippen LogP contribution is -2.28. The zero-order valence-electron chi connectivity index (χ0n) is 10.3. The SMILES string of the molecule is Cc1cc(Br)ccc1-c1noc(CNCC(N)=O)n1. The number of nitrogens with zero attached hydrogens (tertiary/aromatic N) is 2. The van der Waals surface area contributed by atoms with Gasteiger partial charge in [-0.2, -0.15) is 4.98 Å². The number of carbonyl (C=O) groups is 1. The Morgan fingerprint density at radius 3 is 3.00 bits per heavy atom. The highest BCUT2D eigenvalue weighted by atomic mass is 79.9. The van der Waals surface area contributed by atoms with E-state index in [0.717, 1.165) is 15.6 Å². The Kier molecular flexibility index (Phi) is 4.28. The van der Waals surface area contributed by atoms with Crippen LogP contribution in [0.4, 0.5) is 0 Å². The molecular weight excluding hydrogens is 312 g/mol. The van der Waals surface area contributed by atoms with E-state index in [0.29, 0.717) is 18.3 Å². The summed E-state index contributed by atoms with van der Waals surface area (Å²) in [6, 6.07) is 5.82. The Bertz CT molecular complexity index is 597. The lowest BCUT2D eigenvalue weighted by Gasteiger charge is -2.00.